The Balaban J connectivity index is 0.982. The molecule has 12 aromatic rings. The number of hydrogen-bond acceptors (Lipinski definition) is 4. The number of thiophene rings is 1. The van der Waals surface area contributed by atoms with Gasteiger partial charge >= 0.3 is 0 Å². The van der Waals surface area contributed by atoms with Gasteiger partial charge in [0, 0.05) is 47.8 Å². The van der Waals surface area contributed by atoms with Gasteiger partial charge in [0.2, 0.25) is 0 Å². The highest BCUT2D eigenvalue weighted by Gasteiger charge is 2.18. The minimum Gasteiger partial charge on any atom is -0.247 e. The monoisotopic (exact) mass is 793 g/mol. The molecule has 0 spiro atoms. The van der Waals surface area contributed by atoms with Crippen LogP contribution in [0, 0.1) is 0 Å². The molecule has 0 saturated heterocycles. The molecule has 12 rings (SSSR count). The molecule has 4 heteroatoms. The molecular formula is C57H35N3S. The topological polar surface area (TPSA) is 38.7 Å². The van der Waals surface area contributed by atoms with Crippen molar-refractivity contribution < 1.29 is 0 Å². The molecule has 0 aliphatic rings. The fourth-order valence-corrected chi connectivity index (χ4v) is 10.1. The van der Waals surface area contributed by atoms with Gasteiger partial charge in [0.25, 0.3) is 0 Å². The van der Waals surface area contributed by atoms with Crippen molar-refractivity contribution in [1.29, 1.82) is 0 Å². The Labute approximate surface area is 356 Å². The Kier molecular flexibility index (Phi) is 8.36. The molecule has 0 aliphatic heterocycles. The largest absolute Gasteiger partial charge is 0.247 e. The van der Waals surface area contributed by atoms with E-state index in [-0.39, 0.29) is 0 Å². The third-order valence-electron chi connectivity index (χ3n) is 11.9. The predicted molar refractivity (Wildman–Crippen MR) is 258 cm³/mol. The van der Waals surface area contributed by atoms with Gasteiger partial charge in [-0.15, -0.1) is 11.3 Å². The Morgan fingerprint density at radius 2 is 0.918 bits per heavy atom. The van der Waals surface area contributed by atoms with Crippen molar-refractivity contribution in [1.82, 2.24) is 15.0 Å². The van der Waals surface area contributed by atoms with E-state index in [1.807, 2.05) is 11.3 Å². The summed E-state index contributed by atoms with van der Waals surface area (Å²) in [5.74, 6) is 0.680. The van der Waals surface area contributed by atoms with Crippen molar-refractivity contribution in [2.45, 2.75) is 0 Å². The van der Waals surface area contributed by atoms with Crippen LogP contribution in [0.5, 0.6) is 0 Å². The van der Waals surface area contributed by atoms with Gasteiger partial charge in [-0.3, -0.25) is 0 Å². The number of pyridine rings is 1. The van der Waals surface area contributed by atoms with Gasteiger partial charge in [-0.2, -0.15) is 0 Å². The molecule has 0 bridgehead atoms. The van der Waals surface area contributed by atoms with E-state index in [1.165, 1.54) is 58.2 Å². The molecular weight excluding hydrogens is 759 g/mol. The van der Waals surface area contributed by atoms with Gasteiger partial charge in [0.15, 0.2) is 5.82 Å². The fraction of sp³-hybridized carbons (Fsp3) is 0. The van der Waals surface area contributed by atoms with Crippen molar-refractivity contribution in [3.05, 3.63) is 212 Å². The van der Waals surface area contributed by atoms with Crippen LogP contribution in [0.4, 0.5) is 0 Å². The standard InChI is InChI=1S/C57H35N3S/c1-2-13-36(14-3-1)41-16-12-17-43(33-41)52-35-51(38-27-29-39(30-28-38)55-54-48-22-9-11-24-53(48)61-56(54)47-21-8-10-23-50(47)58-55)59-57(60-52)40-31-25-37(26-32-40)49-34-42-15-4-5-18-44(42)45-19-6-7-20-46(45)49/h1-35H. The zero-order valence-electron chi connectivity index (χ0n) is 33.0. The first-order valence-electron chi connectivity index (χ1n) is 20.6. The average Bonchev–Trinajstić information content (AvgIpc) is 3.74. The second kappa shape index (κ2) is 14.5. The van der Waals surface area contributed by atoms with E-state index in [0.717, 1.165) is 56.0 Å². The molecule has 0 aliphatic carbocycles. The molecule has 0 saturated carbocycles. The lowest BCUT2D eigenvalue weighted by Crippen LogP contribution is -1.96. The summed E-state index contributed by atoms with van der Waals surface area (Å²) in [6.45, 7) is 0. The number of para-hydroxylation sites is 1. The number of aromatic nitrogens is 3. The Morgan fingerprint density at radius 1 is 0.328 bits per heavy atom. The molecule has 0 N–H and O–H groups in total. The van der Waals surface area contributed by atoms with E-state index in [4.69, 9.17) is 15.0 Å². The summed E-state index contributed by atoms with van der Waals surface area (Å²) in [4.78, 5) is 15.8. The normalized spacial score (nSPS) is 11.6. The summed E-state index contributed by atoms with van der Waals surface area (Å²) >= 11 is 1.84. The zero-order valence-corrected chi connectivity index (χ0v) is 33.8. The first-order chi connectivity index (χ1) is 30.2. The Bertz CT molecular complexity index is 3630. The minimum atomic E-state index is 0.680. The van der Waals surface area contributed by atoms with Crippen LogP contribution in [0.1, 0.15) is 0 Å². The second-order valence-corrected chi connectivity index (χ2v) is 16.6. The van der Waals surface area contributed by atoms with E-state index in [1.54, 1.807) is 0 Å². The lowest BCUT2D eigenvalue weighted by molar-refractivity contribution is 1.18. The maximum Gasteiger partial charge on any atom is 0.160 e. The van der Waals surface area contributed by atoms with Gasteiger partial charge < -0.3 is 0 Å². The molecule has 0 atom stereocenters. The highest BCUT2D eigenvalue weighted by atomic mass is 32.1. The molecule has 0 fully saturated rings. The number of fused-ring (bicyclic) bond motifs is 8. The predicted octanol–water partition coefficient (Wildman–Crippen LogP) is 15.7. The van der Waals surface area contributed by atoms with Gasteiger partial charge in [-0.05, 0) is 74.1 Å². The minimum absolute atomic E-state index is 0.680. The summed E-state index contributed by atoms with van der Waals surface area (Å²) in [5.41, 5.74) is 12.5. The van der Waals surface area contributed by atoms with Crippen LogP contribution in [-0.2, 0) is 0 Å². The molecule has 0 radical (unpaired) electrons. The van der Waals surface area contributed by atoms with E-state index < -0.39 is 0 Å². The SMILES string of the molecule is c1ccc(-c2cccc(-c3cc(-c4ccc(-c5nc6ccccc6c6sc7ccccc7c56)cc4)nc(-c4ccc(-c5cc6ccccc6c6ccccc56)cc4)n3)c2)cc1. The van der Waals surface area contributed by atoms with E-state index in [2.05, 4.69) is 212 Å². The second-order valence-electron chi connectivity index (χ2n) is 15.5. The zero-order chi connectivity index (χ0) is 40.3. The lowest BCUT2D eigenvalue weighted by Gasteiger charge is -2.13. The molecule has 61 heavy (non-hydrogen) atoms. The molecule has 3 aromatic heterocycles. The van der Waals surface area contributed by atoms with Gasteiger partial charge in [0.05, 0.1) is 22.6 Å². The Hall–Kier alpha value is -7.79. The van der Waals surface area contributed by atoms with Crippen molar-refractivity contribution >= 4 is 64.0 Å². The number of nitrogens with zero attached hydrogens (tertiary/aromatic N) is 3. The summed E-state index contributed by atoms with van der Waals surface area (Å²) < 4.78 is 2.54. The summed E-state index contributed by atoms with van der Waals surface area (Å²) in [5, 5.41) is 8.63. The first-order valence-corrected chi connectivity index (χ1v) is 21.4. The van der Waals surface area contributed by atoms with Crippen LogP contribution in [0.25, 0.3) is 120 Å². The van der Waals surface area contributed by atoms with Crippen LogP contribution in [-0.4, -0.2) is 15.0 Å². The molecule has 284 valence electrons. The molecule has 9 aromatic carbocycles. The van der Waals surface area contributed by atoms with Gasteiger partial charge in [0.1, 0.15) is 0 Å². The molecule has 3 nitrogen and oxygen atoms in total. The van der Waals surface area contributed by atoms with Crippen LogP contribution in [0.2, 0.25) is 0 Å². The molecule has 3 heterocycles. The number of benzene rings is 9. The Morgan fingerprint density at radius 3 is 1.74 bits per heavy atom. The maximum absolute atomic E-state index is 5.28. The van der Waals surface area contributed by atoms with Crippen molar-refractivity contribution in [2.75, 3.05) is 0 Å². The molecule has 0 amide bonds. The van der Waals surface area contributed by atoms with Crippen molar-refractivity contribution in [3.63, 3.8) is 0 Å². The van der Waals surface area contributed by atoms with Crippen LogP contribution in [0.3, 0.4) is 0 Å². The van der Waals surface area contributed by atoms with Crippen molar-refractivity contribution in [2.24, 2.45) is 0 Å². The summed E-state index contributed by atoms with van der Waals surface area (Å²) in [6, 6.07) is 75.5. The third-order valence-corrected chi connectivity index (χ3v) is 13.1. The van der Waals surface area contributed by atoms with Gasteiger partial charge in [-0.25, -0.2) is 15.0 Å². The van der Waals surface area contributed by atoms with E-state index in [0.29, 0.717) is 5.82 Å². The third kappa shape index (κ3) is 6.16. The fourth-order valence-electron chi connectivity index (χ4n) is 8.87. The number of rotatable bonds is 6. The summed E-state index contributed by atoms with van der Waals surface area (Å²) in [7, 11) is 0. The lowest BCUT2D eigenvalue weighted by atomic mass is 9.93. The van der Waals surface area contributed by atoms with Crippen LogP contribution in [0.15, 0.2) is 212 Å². The maximum atomic E-state index is 5.28. The van der Waals surface area contributed by atoms with Crippen molar-refractivity contribution in [3.8, 4) is 67.4 Å². The summed E-state index contributed by atoms with van der Waals surface area (Å²) in [6.07, 6.45) is 0. The highest BCUT2D eigenvalue weighted by Crippen LogP contribution is 2.43. The van der Waals surface area contributed by atoms with Crippen LogP contribution < -0.4 is 0 Å². The highest BCUT2D eigenvalue weighted by molar-refractivity contribution is 7.26. The van der Waals surface area contributed by atoms with E-state index in [9.17, 15) is 0 Å². The average molecular weight is 794 g/mol. The molecule has 0 unspecified atom stereocenters. The quantitative estimate of drug-likeness (QED) is 0.157. The van der Waals surface area contributed by atoms with Crippen LogP contribution >= 0.6 is 11.3 Å². The first kappa shape index (κ1) is 35.2. The number of hydrogen-bond donors (Lipinski definition) is 0. The smallest absolute Gasteiger partial charge is 0.160 e. The van der Waals surface area contributed by atoms with Gasteiger partial charge in [-0.1, -0.05) is 182 Å². The van der Waals surface area contributed by atoms with E-state index >= 15 is 0 Å².